The molecule has 74 heavy (non-hydrogen) atoms. The lowest BCUT2D eigenvalue weighted by atomic mass is 9.62. The molecule has 0 spiro atoms. The van der Waals surface area contributed by atoms with E-state index in [-0.39, 0.29) is 43.7 Å². The van der Waals surface area contributed by atoms with Gasteiger partial charge in [0.1, 0.15) is 11.6 Å². The van der Waals surface area contributed by atoms with Crippen LogP contribution in [0.2, 0.25) is 0 Å². The normalized spacial score (nSPS) is 17.0. The Morgan fingerprint density at radius 2 is 1.01 bits per heavy atom. The Kier molecular flexibility index (Phi) is 12.0. The van der Waals surface area contributed by atoms with Crippen molar-refractivity contribution in [2.45, 2.75) is 181 Å². The second kappa shape index (κ2) is 17.4. The van der Waals surface area contributed by atoms with Crippen molar-refractivity contribution in [3.8, 4) is 67.5 Å². The summed E-state index contributed by atoms with van der Waals surface area (Å²) in [6.07, 6.45) is 6.56. The van der Waals surface area contributed by atoms with Gasteiger partial charge in [-0.05, 0) is 168 Å². The molecule has 2 aromatic heterocycles. The number of phenols is 1. The van der Waals surface area contributed by atoms with E-state index in [4.69, 9.17) is 9.97 Å². The van der Waals surface area contributed by atoms with Gasteiger partial charge in [-0.2, -0.15) is 0 Å². The van der Waals surface area contributed by atoms with Gasteiger partial charge in [0.15, 0.2) is 0 Å². The van der Waals surface area contributed by atoms with E-state index < -0.39 is 0 Å². The molecule has 0 fully saturated rings. The van der Waals surface area contributed by atoms with Gasteiger partial charge in [0.2, 0.25) is 0 Å². The molecule has 4 nitrogen and oxygen atoms in total. The third-order valence-electron chi connectivity index (χ3n) is 17.4. The standard InChI is InChI=1S/C70H81N3O/c1-64(2,3)48-35-46(34-47(36-48)58-38-45(28-33-71-58)44-26-27-53-54(37-44)68(12,13)30-29-67(53,10)11)50-24-21-25-59-61(50)72-63(52-39-49(65(4,5)6)40-57(62(52)74)66(7,8)9)73(59)60-42-56-55(69(14,15)31-32-70(56,16)17)41-51(60)43-22-19-18-20-23-43/h18-28,33-42,74H,29-32H2,1-17H3. The topological polar surface area (TPSA) is 50.9 Å². The summed E-state index contributed by atoms with van der Waals surface area (Å²) in [4.78, 5) is 11.0. The molecular weight excluding hydrogens is 899 g/mol. The lowest BCUT2D eigenvalue weighted by molar-refractivity contribution is 0.332. The third-order valence-corrected chi connectivity index (χ3v) is 17.4. The van der Waals surface area contributed by atoms with Gasteiger partial charge in [0.25, 0.3) is 0 Å². The highest BCUT2D eigenvalue weighted by Crippen LogP contribution is 2.52. The Balaban J connectivity index is 1.26. The third kappa shape index (κ3) is 9.02. The fraction of sp³-hybridized carbons (Fsp3) is 0.400. The molecule has 0 bridgehead atoms. The van der Waals surface area contributed by atoms with Gasteiger partial charge in [-0.15, -0.1) is 0 Å². The first-order valence-electron chi connectivity index (χ1n) is 27.4. The molecule has 382 valence electrons. The average Bonchev–Trinajstić information content (AvgIpc) is 3.73. The van der Waals surface area contributed by atoms with Crippen molar-refractivity contribution in [2.75, 3.05) is 0 Å². The molecular formula is C70H81N3O. The van der Waals surface area contributed by atoms with E-state index in [1.165, 1.54) is 51.8 Å². The maximum Gasteiger partial charge on any atom is 0.149 e. The highest BCUT2D eigenvalue weighted by atomic mass is 16.3. The molecule has 2 heterocycles. The number of aromatic nitrogens is 3. The van der Waals surface area contributed by atoms with Crippen LogP contribution in [-0.4, -0.2) is 19.6 Å². The van der Waals surface area contributed by atoms with Crippen LogP contribution in [0.4, 0.5) is 0 Å². The second-order valence-electron chi connectivity index (χ2n) is 27.9. The van der Waals surface area contributed by atoms with Crippen LogP contribution < -0.4 is 0 Å². The molecule has 0 atom stereocenters. The Labute approximate surface area is 443 Å². The Bertz CT molecular complexity index is 3500. The minimum absolute atomic E-state index is 0.000353. The molecule has 0 saturated heterocycles. The molecule has 0 radical (unpaired) electrons. The largest absolute Gasteiger partial charge is 0.507 e. The Morgan fingerprint density at radius 3 is 1.64 bits per heavy atom. The number of pyridine rings is 1. The number of hydrogen-bond donors (Lipinski definition) is 1. The zero-order valence-corrected chi connectivity index (χ0v) is 47.7. The average molecular weight is 980 g/mol. The zero-order chi connectivity index (χ0) is 53.3. The van der Waals surface area contributed by atoms with Crippen LogP contribution in [0.1, 0.15) is 182 Å². The molecule has 2 aliphatic rings. The van der Waals surface area contributed by atoms with Crippen molar-refractivity contribution < 1.29 is 5.11 Å². The van der Waals surface area contributed by atoms with Crippen molar-refractivity contribution >= 4 is 11.0 Å². The van der Waals surface area contributed by atoms with Gasteiger partial charge in [-0.3, -0.25) is 9.55 Å². The van der Waals surface area contributed by atoms with Crippen LogP contribution in [0.3, 0.4) is 0 Å². The minimum Gasteiger partial charge on any atom is -0.507 e. The molecule has 4 heteroatoms. The van der Waals surface area contributed by atoms with E-state index in [2.05, 4.69) is 244 Å². The van der Waals surface area contributed by atoms with Crippen molar-refractivity contribution in [2.24, 2.45) is 0 Å². The molecule has 6 aromatic carbocycles. The van der Waals surface area contributed by atoms with E-state index in [0.29, 0.717) is 0 Å². The number of nitrogens with zero attached hydrogens (tertiary/aromatic N) is 3. The van der Waals surface area contributed by atoms with E-state index in [1.54, 1.807) is 0 Å². The summed E-state index contributed by atoms with van der Waals surface area (Å²) in [6.45, 7) is 39.5. The monoisotopic (exact) mass is 980 g/mol. The molecule has 10 rings (SSSR count). The first-order chi connectivity index (χ1) is 34.4. The number of rotatable bonds is 6. The van der Waals surface area contributed by atoms with Crippen LogP contribution in [0.25, 0.3) is 72.7 Å². The van der Waals surface area contributed by atoms with E-state index in [0.717, 1.165) is 85.6 Å². The van der Waals surface area contributed by atoms with Crippen LogP contribution in [0.5, 0.6) is 5.75 Å². The van der Waals surface area contributed by atoms with E-state index in [9.17, 15) is 5.11 Å². The smallest absolute Gasteiger partial charge is 0.149 e. The second-order valence-corrected chi connectivity index (χ2v) is 27.9. The molecule has 0 aliphatic heterocycles. The summed E-state index contributed by atoms with van der Waals surface area (Å²) in [5, 5.41) is 12.8. The molecule has 8 aromatic rings. The summed E-state index contributed by atoms with van der Waals surface area (Å²) < 4.78 is 2.38. The quantitative estimate of drug-likeness (QED) is 0.181. The first kappa shape index (κ1) is 51.2. The summed E-state index contributed by atoms with van der Waals surface area (Å²) in [5.74, 6) is 1.00. The number of benzene rings is 6. The highest BCUT2D eigenvalue weighted by molar-refractivity contribution is 5.98. The predicted molar refractivity (Wildman–Crippen MR) is 314 cm³/mol. The Morgan fingerprint density at radius 1 is 0.446 bits per heavy atom. The lowest BCUT2D eigenvalue weighted by Gasteiger charge is -2.42. The van der Waals surface area contributed by atoms with Gasteiger partial charge in [-0.25, -0.2) is 4.98 Å². The number of fused-ring (bicyclic) bond motifs is 3. The zero-order valence-electron chi connectivity index (χ0n) is 47.7. The van der Waals surface area contributed by atoms with Gasteiger partial charge < -0.3 is 5.11 Å². The number of aromatic hydroxyl groups is 1. The number of phenolic OH excluding ortho intramolecular Hbond substituents is 1. The van der Waals surface area contributed by atoms with Gasteiger partial charge in [0, 0.05) is 28.5 Å². The summed E-state index contributed by atoms with van der Waals surface area (Å²) >= 11 is 0. The maximum absolute atomic E-state index is 12.8. The summed E-state index contributed by atoms with van der Waals surface area (Å²) in [5.41, 5.74) is 21.0. The number of para-hydroxylation sites is 1. The first-order valence-corrected chi connectivity index (χ1v) is 27.4. The van der Waals surface area contributed by atoms with Gasteiger partial charge >= 0.3 is 0 Å². The van der Waals surface area contributed by atoms with Crippen molar-refractivity contribution in [1.29, 1.82) is 0 Å². The van der Waals surface area contributed by atoms with Gasteiger partial charge in [0.05, 0.1) is 28.0 Å². The Hall–Kier alpha value is -6.26. The molecule has 0 unspecified atom stereocenters. The van der Waals surface area contributed by atoms with Crippen molar-refractivity contribution in [1.82, 2.24) is 14.5 Å². The SMILES string of the molecule is CC(C)(C)c1cc(-c2cc(-c3ccc4c(c3)C(C)(C)CCC4(C)C)ccn2)cc(-c2cccc3c2nc(-c2cc(C(C)(C)C)cc(C(C)(C)C)c2O)n3-c2cc3c(cc2-c2ccccc2)C(C)(C)CCC3(C)C)c1. The lowest BCUT2D eigenvalue weighted by Crippen LogP contribution is -2.34. The van der Waals surface area contributed by atoms with Crippen LogP contribution >= 0.6 is 0 Å². The predicted octanol–water partition coefficient (Wildman–Crippen LogP) is 19.1. The van der Waals surface area contributed by atoms with Crippen LogP contribution in [-0.2, 0) is 37.9 Å². The fourth-order valence-corrected chi connectivity index (χ4v) is 12.1. The summed E-state index contributed by atoms with van der Waals surface area (Å²) in [6, 6.07) is 45.5. The van der Waals surface area contributed by atoms with E-state index >= 15 is 0 Å². The number of imidazole rings is 1. The number of hydrogen-bond acceptors (Lipinski definition) is 3. The molecule has 1 N–H and O–H groups in total. The highest BCUT2D eigenvalue weighted by Gasteiger charge is 2.40. The minimum atomic E-state index is -0.332. The molecule has 0 amide bonds. The molecule has 0 saturated carbocycles. The summed E-state index contributed by atoms with van der Waals surface area (Å²) in [7, 11) is 0. The van der Waals surface area contributed by atoms with Crippen molar-refractivity contribution in [3.63, 3.8) is 0 Å². The fourth-order valence-electron chi connectivity index (χ4n) is 12.1. The maximum atomic E-state index is 12.8. The molecule has 2 aliphatic carbocycles. The van der Waals surface area contributed by atoms with Gasteiger partial charge in [-0.1, -0.05) is 190 Å². The van der Waals surface area contributed by atoms with Crippen LogP contribution in [0, 0.1) is 0 Å². The van der Waals surface area contributed by atoms with E-state index in [1.807, 2.05) is 6.20 Å². The van der Waals surface area contributed by atoms with Crippen LogP contribution in [0.15, 0.2) is 128 Å². The van der Waals surface area contributed by atoms with Crippen molar-refractivity contribution in [3.05, 3.63) is 166 Å².